The molecular weight excluding hydrogens is 140 g/mol. The lowest BCUT2D eigenvalue weighted by Gasteiger charge is -2.00. The summed E-state index contributed by atoms with van der Waals surface area (Å²) in [5.41, 5.74) is 1.33. The molecule has 1 rings (SSSR count). The van der Waals surface area contributed by atoms with Gasteiger partial charge in [0, 0.05) is 7.11 Å². The Morgan fingerprint density at radius 2 is 2.00 bits per heavy atom. The average molecular weight is 151 g/mol. The van der Waals surface area contributed by atoms with Gasteiger partial charge in [0.25, 0.3) is 0 Å². The van der Waals surface area contributed by atoms with Gasteiger partial charge in [0.15, 0.2) is 0 Å². The van der Waals surface area contributed by atoms with E-state index in [0.717, 1.165) is 0 Å². The highest BCUT2D eigenvalue weighted by atomic mass is 28.2. The molecule has 0 atom stereocenters. The molecule has 1 aromatic carbocycles. The van der Waals surface area contributed by atoms with Crippen LogP contribution in [0.1, 0.15) is 5.56 Å². The van der Waals surface area contributed by atoms with Gasteiger partial charge in [0.2, 0.25) is 9.76 Å². The minimum atomic E-state index is 0.0280. The predicted octanol–water partition coefficient (Wildman–Crippen LogP) is 0.618. The largest absolute Gasteiger partial charge is 0.418 e. The molecule has 0 N–H and O–H groups in total. The van der Waals surface area contributed by atoms with Gasteiger partial charge in [-0.1, -0.05) is 24.3 Å². The Bertz CT molecular complexity index is 210. The molecule has 0 aliphatic carbocycles. The highest BCUT2D eigenvalue weighted by Gasteiger charge is 1.94. The molecule has 0 spiro atoms. The number of aryl methyl sites for hydroxylation is 1. The summed E-state index contributed by atoms with van der Waals surface area (Å²) in [5, 5.41) is 1.35. The summed E-state index contributed by atoms with van der Waals surface area (Å²) in [6.07, 6.45) is 0. The van der Waals surface area contributed by atoms with Gasteiger partial charge in [0.1, 0.15) is 0 Å². The Labute approximate surface area is 64.0 Å². The van der Waals surface area contributed by atoms with E-state index in [2.05, 4.69) is 19.1 Å². The third kappa shape index (κ3) is 1.69. The number of hydrogen-bond acceptors (Lipinski definition) is 1. The lowest BCUT2D eigenvalue weighted by molar-refractivity contribution is 0.450. The third-order valence-electron chi connectivity index (χ3n) is 1.43. The van der Waals surface area contributed by atoms with Crippen LogP contribution in [0.5, 0.6) is 0 Å². The maximum absolute atomic E-state index is 5.09. The number of benzene rings is 1. The Kier molecular flexibility index (Phi) is 2.65. The zero-order chi connectivity index (χ0) is 7.40. The Morgan fingerprint density at radius 3 is 2.60 bits per heavy atom. The monoisotopic (exact) mass is 151 g/mol. The van der Waals surface area contributed by atoms with E-state index in [0.29, 0.717) is 0 Å². The topological polar surface area (TPSA) is 9.23 Å². The maximum Gasteiger partial charge on any atom is 0.227 e. The van der Waals surface area contributed by atoms with Crippen molar-refractivity contribution in [2.45, 2.75) is 6.92 Å². The van der Waals surface area contributed by atoms with Crippen molar-refractivity contribution in [3.05, 3.63) is 29.8 Å². The number of hydrogen-bond donors (Lipinski definition) is 0. The standard InChI is InChI=1S/C8H11OSi/c1-7-5-3-4-6-8(7)10-9-2/h3-6,10H,1-2H3. The third-order valence-corrected chi connectivity index (χ3v) is 2.57. The normalized spacial score (nSPS) is 9.80. The van der Waals surface area contributed by atoms with Crippen molar-refractivity contribution in [2.24, 2.45) is 0 Å². The second-order valence-electron chi connectivity index (χ2n) is 2.21. The molecule has 0 amide bonds. The Morgan fingerprint density at radius 1 is 1.30 bits per heavy atom. The van der Waals surface area contributed by atoms with Crippen LogP contribution < -0.4 is 5.19 Å². The summed E-state index contributed by atoms with van der Waals surface area (Å²) in [6.45, 7) is 2.11. The zero-order valence-electron chi connectivity index (χ0n) is 6.29. The van der Waals surface area contributed by atoms with Gasteiger partial charge >= 0.3 is 0 Å². The van der Waals surface area contributed by atoms with Crippen molar-refractivity contribution in [1.29, 1.82) is 0 Å². The molecule has 0 saturated carbocycles. The first kappa shape index (κ1) is 7.50. The first-order chi connectivity index (χ1) is 4.84. The maximum atomic E-state index is 5.09. The number of rotatable bonds is 2. The van der Waals surface area contributed by atoms with Crippen LogP contribution in [0.25, 0.3) is 0 Å². The highest BCUT2D eigenvalue weighted by Crippen LogP contribution is 1.91. The van der Waals surface area contributed by atoms with Crippen LogP contribution in [-0.2, 0) is 4.43 Å². The quantitative estimate of drug-likeness (QED) is 0.563. The summed E-state index contributed by atoms with van der Waals surface area (Å²) < 4.78 is 5.09. The molecule has 0 unspecified atom stereocenters. The van der Waals surface area contributed by atoms with Crippen LogP contribution in [0.2, 0.25) is 0 Å². The molecule has 0 aliphatic heterocycles. The summed E-state index contributed by atoms with van der Waals surface area (Å²) >= 11 is 0. The van der Waals surface area contributed by atoms with Gasteiger partial charge in [-0.2, -0.15) is 0 Å². The smallest absolute Gasteiger partial charge is 0.227 e. The Hall–Kier alpha value is -0.603. The summed E-state index contributed by atoms with van der Waals surface area (Å²) in [7, 11) is 1.78. The fourth-order valence-corrected chi connectivity index (χ4v) is 1.57. The van der Waals surface area contributed by atoms with E-state index in [-0.39, 0.29) is 9.76 Å². The van der Waals surface area contributed by atoms with E-state index in [1.54, 1.807) is 7.11 Å². The van der Waals surface area contributed by atoms with Crippen molar-refractivity contribution in [2.75, 3.05) is 7.11 Å². The van der Waals surface area contributed by atoms with E-state index in [1.807, 2.05) is 12.1 Å². The van der Waals surface area contributed by atoms with Gasteiger partial charge in [-0.05, 0) is 17.7 Å². The summed E-state index contributed by atoms with van der Waals surface area (Å²) in [6, 6.07) is 8.33. The second kappa shape index (κ2) is 3.54. The molecule has 10 heavy (non-hydrogen) atoms. The minimum absolute atomic E-state index is 0.0280. The fourth-order valence-electron chi connectivity index (χ4n) is 0.846. The highest BCUT2D eigenvalue weighted by molar-refractivity contribution is 6.47. The molecule has 0 fully saturated rings. The van der Waals surface area contributed by atoms with Crippen LogP contribution in [-0.4, -0.2) is 16.9 Å². The lowest BCUT2D eigenvalue weighted by Crippen LogP contribution is -2.18. The molecule has 0 bridgehead atoms. The van der Waals surface area contributed by atoms with Gasteiger partial charge in [-0.3, -0.25) is 0 Å². The van der Waals surface area contributed by atoms with Gasteiger partial charge in [0.05, 0.1) is 0 Å². The lowest BCUT2D eigenvalue weighted by atomic mass is 10.2. The van der Waals surface area contributed by atoms with E-state index in [4.69, 9.17) is 4.43 Å². The van der Waals surface area contributed by atoms with Crippen molar-refractivity contribution >= 4 is 14.9 Å². The minimum Gasteiger partial charge on any atom is -0.418 e. The van der Waals surface area contributed by atoms with Gasteiger partial charge in [-0.15, -0.1) is 0 Å². The SMILES string of the molecule is CO[SiH]c1ccccc1C. The molecule has 1 nitrogen and oxygen atoms in total. The van der Waals surface area contributed by atoms with E-state index in [9.17, 15) is 0 Å². The van der Waals surface area contributed by atoms with E-state index in [1.165, 1.54) is 10.8 Å². The van der Waals surface area contributed by atoms with E-state index < -0.39 is 0 Å². The van der Waals surface area contributed by atoms with Crippen molar-refractivity contribution < 1.29 is 4.43 Å². The Balaban J connectivity index is 2.81. The van der Waals surface area contributed by atoms with Crippen LogP contribution in [0.15, 0.2) is 24.3 Å². The zero-order valence-corrected chi connectivity index (χ0v) is 7.45. The molecule has 0 heterocycles. The second-order valence-corrected chi connectivity index (χ2v) is 3.54. The van der Waals surface area contributed by atoms with Crippen molar-refractivity contribution in [3.63, 3.8) is 0 Å². The van der Waals surface area contributed by atoms with Crippen molar-refractivity contribution in [3.8, 4) is 0 Å². The van der Waals surface area contributed by atoms with Gasteiger partial charge in [-0.25, -0.2) is 0 Å². The first-order valence-corrected chi connectivity index (χ1v) is 4.31. The average Bonchev–Trinajstić information content (AvgIpc) is 1.94. The van der Waals surface area contributed by atoms with Crippen molar-refractivity contribution in [1.82, 2.24) is 0 Å². The molecule has 0 saturated heterocycles. The van der Waals surface area contributed by atoms with Crippen LogP contribution in [0.4, 0.5) is 0 Å². The van der Waals surface area contributed by atoms with Gasteiger partial charge < -0.3 is 4.43 Å². The van der Waals surface area contributed by atoms with E-state index >= 15 is 0 Å². The molecule has 0 aromatic heterocycles. The predicted molar refractivity (Wildman–Crippen MR) is 45.0 cm³/mol. The molecule has 1 radical (unpaired) electrons. The summed E-state index contributed by atoms with van der Waals surface area (Å²) in [5.74, 6) is 0. The fraction of sp³-hybridized carbons (Fsp3) is 0.250. The van der Waals surface area contributed by atoms with Crippen LogP contribution in [0, 0.1) is 6.92 Å². The molecule has 53 valence electrons. The molecule has 0 aliphatic rings. The van der Waals surface area contributed by atoms with Crippen LogP contribution >= 0.6 is 0 Å². The van der Waals surface area contributed by atoms with Crippen LogP contribution in [0.3, 0.4) is 0 Å². The molecule has 2 heteroatoms. The molecule has 1 aromatic rings. The first-order valence-electron chi connectivity index (χ1n) is 3.26. The molecular formula is C8H11OSi. The summed E-state index contributed by atoms with van der Waals surface area (Å²) in [4.78, 5) is 0.